The van der Waals surface area contributed by atoms with Crippen LogP contribution in [0.5, 0.6) is 0 Å². The van der Waals surface area contributed by atoms with E-state index < -0.39 is 0 Å². The van der Waals surface area contributed by atoms with Gasteiger partial charge in [-0.25, -0.2) is 0 Å². The zero-order chi connectivity index (χ0) is 8.55. The summed E-state index contributed by atoms with van der Waals surface area (Å²) in [5.74, 6) is 0. The van der Waals surface area contributed by atoms with Gasteiger partial charge in [0.15, 0.2) is 0 Å². The van der Waals surface area contributed by atoms with Crippen molar-refractivity contribution in [2.24, 2.45) is 0 Å². The SMILES string of the molecule is C[C@@H]1c2cccnc2CCN1C. The predicted molar refractivity (Wildman–Crippen MR) is 49.0 cm³/mol. The number of hydrogen-bond acceptors (Lipinski definition) is 2. The number of nitrogens with zero attached hydrogens (tertiary/aromatic N) is 2. The van der Waals surface area contributed by atoms with Gasteiger partial charge in [0.1, 0.15) is 0 Å². The number of hydrogen-bond donors (Lipinski definition) is 0. The lowest BCUT2D eigenvalue weighted by molar-refractivity contribution is 0.245. The molecule has 0 saturated carbocycles. The van der Waals surface area contributed by atoms with Gasteiger partial charge < -0.3 is 0 Å². The van der Waals surface area contributed by atoms with E-state index >= 15 is 0 Å². The smallest absolute Gasteiger partial charge is 0.0464 e. The summed E-state index contributed by atoms with van der Waals surface area (Å²) >= 11 is 0. The molecule has 2 heterocycles. The lowest BCUT2D eigenvalue weighted by Crippen LogP contribution is -2.30. The molecule has 0 N–H and O–H groups in total. The molecule has 1 atom stereocenters. The lowest BCUT2D eigenvalue weighted by atomic mass is 9.99. The summed E-state index contributed by atoms with van der Waals surface area (Å²) in [7, 11) is 2.17. The predicted octanol–water partition coefficient (Wildman–Crippen LogP) is 1.63. The standard InChI is InChI=1S/C10H14N2/c1-8-9-4-3-6-11-10(9)5-7-12(8)2/h3-4,6,8H,5,7H2,1-2H3/t8-/m1/s1. The quantitative estimate of drug-likeness (QED) is 0.576. The van der Waals surface area contributed by atoms with Gasteiger partial charge >= 0.3 is 0 Å². The molecule has 0 saturated heterocycles. The van der Waals surface area contributed by atoms with E-state index in [1.807, 2.05) is 12.3 Å². The monoisotopic (exact) mass is 162 g/mol. The number of pyridine rings is 1. The van der Waals surface area contributed by atoms with Crippen molar-refractivity contribution in [3.63, 3.8) is 0 Å². The number of fused-ring (bicyclic) bond motifs is 1. The summed E-state index contributed by atoms with van der Waals surface area (Å²) in [4.78, 5) is 6.74. The Kier molecular flexibility index (Phi) is 1.85. The average Bonchev–Trinajstić information content (AvgIpc) is 2.12. The van der Waals surface area contributed by atoms with Crippen molar-refractivity contribution >= 4 is 0 Å². The van der Waals surface area contributed by atoms with Crippen molar-refractivity contribution in [1.29, 1.82) is 0 Å². The maximum atomic E-state index is 4.38. The first kappa shape index (κ1) is 7.74. The van der Waals surface area contributed by atoms with Crippen LogP contribution in [0, 0.1) is 0 Å². The first-order chi connectivity index (χ1) is 5.79. The molecule has 0 bridgehead atoms. The molecule has 1 aliphatic heterocycles. The van der Waals surface area contributed by atoms with Crippen LogP contribution in [0.3, 0.4) is 0 Å². The van der Waals surface area contributed by atoms with Crippen LogP contribution < -0.4 is 0 Å². The zero-order valence-corrected chi connectivity index (χ0v) is 7.62. The number of likely N-dealkylation sites (N-methyl/N-ethyl adjacent to an activating group) is 1. The minimum Gasteiger partial charge on any atom is -0.299 e. The Hall–Kier alpha value is -0.890. The van der Waals surface area contributed by atoms with Crippen LogP contribution in [-0.4, -0.2) is 23.5 Å². The fraction of sp³-hybridized carbons (Fsp3) is 0.500. The van der Waals surface area contributed by atoms with Crippen LogP contribution in [0.2, 0.25) is 0 Å². The third-order valence-corrected chi connectivity index (χ3v) is 2.74. The highest BCUT2D eigenvalue weighted by molar-refractivity contribution is 5.25. The Morgan fingerprint density at radius 3 is 3.25 bits per heavy atom. The highest BCUT2D eigenvalue weighted by Crippen LogP contribution is 2.25. The van der Waals surface area contributed by atoms with Crippen LogP contribution in [0.15, 0.2) is 18.3 Å². The van der Waals surface area contributed by atoms with E-state index in [9.17, 15) is 0 Å². The topological polar surface area (TPSA) is 16.1 Å². The number of aromatic nitrogens is 1. The molecule has 0 spiro atoms. The first-order valence-corrected chi connectivity index (χ1v) is 4.43. The minimum atomic E-state index is 0.530. The summed E-state index contributed by atoms with van der Waals surface area (Å²) in [5.41, 5.74) is 2.68. The van der Waals surface area contributed by atoms with Gasteiger partial charge in [-0.1, -0.05) is 6.07 Å². The molecule has 0 aliphatic carbocycles. The molecule has 0 amide bonds. The molecule has 1 aromatic rings. The Balaban J connectivity index is 2.42. The van der Waals surface area contributed by atoms with Crippen molar-refractivity contribution in [3.8, 4) is 0 Å². The van der Waals surface area contributed by atoms with Crippen molar-refractivity contribution < 1.29 is 0 Å². The largest absolute Gasteiger partial charge is 0.299 e. The molecule has 0 radical (unpaired) electrons. The summed E-state index contributed by atoms with van der Waals surface area (Å²) in [6.45, 7) is 3.37. The van der Waals surface area contributed by atoms with Gasteiger partial charge in [0.2, 0.25) is 0 Å². The van der Waals surface area contributed by atoms with E-state index in [2.05, 4.69) is 29.9 Å². The van der Waals surface area contributed by atoms with Crippen molar-refractivity contribution in [2.45, 2.75) is 19.4 Å². The Morgan fingerprint density at radius 1 is 1.58 bits per heavy atom. The van der Waals surface area contributed by atoms with E-state index in [1.165, 1.54) is 11.3 Å². The molecule has 2 rings (SSSR count). The van der Waals surface area contributed by atoms with E-state index in [1.54, 1.807) is 0 Å². The molecular weight excluding hydrogens is 148 g/mol. The van der Waals surface area contributed by atoms with Crippen LogP contribution in [0.25, 0.3) is 0 Å². The normalized spacial score (nSPS) is 23.7. The molecular formula is C10H14N2. The zero-order valence-electron chi connectivity index (χ0n) is 7.62. The third kappa shape index (κ3) is 1.12. The van der Waals surface area contributed by atoms with Gasteiger partial charge in [-0.3, -0.25) is 9.88 Å². The molecule has 12 heavy (non-hydrogen) atoms. The van der Waals surface area contributed by atoms with E-state index in [-0.39, 0.29) is 0 Å². The second-order valence-electron chi connectivity index (χ2n) is 3.45. The fourth-order valence-corrected chi connectivity index (χ4v) is 1.75. The van der Waals surface area contributed by atoms with E-state index in [0.717, 1.165) is 13.0 Å². The van der Waals surface area contributed by atoms with Gasteiger partial charge in [0.05, 0.1) is 0 Å². The van der Waals surface area contributed by atoms with Crippen molar-refractivity contribution in [1.82, 2.24) is 9.88 Å². The number of rotatable bonds is 0. The molecule has 64 valence electrons. The van der Waals surface area contributed by atoms with Crippen molar-refractivity contribution in [3.05, 3.63) is 29.6 Å². The minimum absolute atomic E-state index is 0.530. The molecule has 2 heteroatoms. The fourth-order valence-electron chi connectivity index (χ4n) is 1.75. The van der Waals surface area contributed by atoms with Gasteiger partial charge in [0.25, 0.3) is 0 Å². The second kappa shape index (κ2) is 2.87. The lowest BCUT2D eigenvalue weighted by Gasteiger charge is -2.30. The molecule has 1 aliphatic rings. The van der Waals surface area contributed by atoms with Crippen LogP contribution in [-0.2, 0) is 6.42 Å². The molecule has 0 aromatic carbocycles. The highest BCUT2D eigenvalue weighted by Gasteiger charge is 2.20. The van der Waals surface area contributed by atoms with Crippen LogP contribution in [0.4, 0.5) is 0 Å². The van der Waals surface area contributed by atoms with Gasteiger partial charge in [0, 0.05) is 30.9 Å². The van der Waals surface area contributed by atoms with Crippen molar-refractivity contribution in [2.75, 3.05) is 13.6 Å². The Bertz CT molecular complexity index is 283. The van der Waals surface area contributed by atoms with Gasteiger partial charge in [-0.15, -0.1) is 0 Å². The molecule has 2 nitrogen and oxygen atoms in total. The van der Waals surface area contributed by atoms with Crippen LogP contribution in [0.1, 0.15) is 24.2 Å². The van der Waals surface area contributed by atoms with Gasteiger partial charge in [-0.05, 0) is 25.6 Å². The van der Waals surface area contributed by atoms with Gasteiger partial charge in [-0.2, -0.15) is 0 Å². The average molecular weight is 162 g/mol. The summed E-state index contributed by atoms with van der Waals surface area (Å²) < 4.78 is 0. The maximum absolute atomic E-state index is 4.38. The molecule has 0 fully saturated rings. The molecule has 0 unspecified atom stereocenters. The summed E-state index contributed by atoms with van der Waals surface area (Å²) in [6, 6.07) is 4.74. The summed E-state index contributed by atoms with van der Waals surface area (Å²) in [6.07, 6.45) is 2.98. The van der Waals surface area contributed by atoms with E-state index in [0.29, 0.717) is 6.04 Å². The first-order valence-electron chi connectivity index (χ1n) is 4.43. The highest BCUT2D eigenvalue weighted by atomic mass is 15.1. The second-order valence-corrected chi connectivity index (χ2v) is 3.45. The van der Waals surface area contributed by atoms with E-state index in [4.69, 9.17) is 0 Å². The Labute approximate surface area is 73.2 Å². The molecule has 1 aromatic heterocycles. The Morgan fingerprint density at radius 2 is 2.42 bits per heavy atom. The van der Waals surface area contributed by atoms with Crippen LogP contribution >= 0.6 is 0 Å². The maximum Gasteiger partial charge on any atom is 0.0464 e. The summed E-state index contributed by atoms with van der Waals surface area (Å²) in [5, 5.41) is 0. The third-order valence-electron chi connectivity index (χ3n) is 2.74.